The smallest absolute Gasteiger partial charge is 0.197 e. The Balaban J connectivity index is 2.01. The molecular weight excluding hydrogens is 322 g/mol. The summed E-state index contributed by atoms with van der Waals surface area (Å²) in [5.41, 5.74) is 4.67. The molecule has 0 fully saturated rings. The maximum Gasteiger partial charge on any atom is 0.197 e. The summed E-state index contributed by atoms with van der Waals surface area (Å²) >= 11 is 0. The Morgan fingerprint density at radius 2 is 1.62 bits per heavy atom. The van der Waals surface area contributed by atoms with Crippen LogP contribution in [0.15, 0.2) is 65.5 Å². The number of aryl methyl sites for hydroxylation is 2. The van der Waals surface area contributed by atoms with Crippen molar-refractivity contribution < 1.29 is 4.79 Å². The van der Waals surface area contributed by atoms with Crippen molar-refractivity contribution >= 4 is 27.6 Å². The Hall–Kier alpha value is -3.20. The maximum atomic E-state index is 13.1. The first-order valence-corrected chi connectivity index (χ1v) is 8.78. The number of rotatable bonds is 3. The van der Waals surface area contributed by atoms with Gasteiger partial charge in [0.25, 0.3) is 0 Å². The summed E-state index contributed by atoms with van der Waals surface area (Å²) in [4.78, 5) is 29.3. The van der Waals surface area contributed by atoms with Crippen LogP contribution in [-0.2, 0) is 6.42 Å². The minimum atomic E-state index is -0.00384. The minimum Gasteiger partial charge on any atom is -0.354 e. The lowest BCUT2D eigenvalue weighted by Crippen LogP contribution is -2.10. The Labute approximate surface area is 151 Å². The zero-order chi connectivity index (χ0) is 18.3. The summed E-state index contributed by atoms with van der Waals surface area (Å²) in [7, 11) is 0. The third-order valence-corrected chi connectivity index (χ3v) is 4.94. The molecule has 0 saturated carbocycles. The Bertz CT molecular complexity index is 1220. The van der Waals surface area contributed by atoms with Crippen LogP contribution in [0.4, 0.5) is 0 Å². The van der Waals surface area contributed by atoms with Gasteiger partial charge in [-0.15, -0.1) is 0 Å². The van der Waals surface area contributed by atoms with Gasteiger partial charge in [0.05, 0.1) is 5.52 Å². The van der Waals surface area contributed by atoms with E-state index in [9.17, 15) is 9.59 Å². The van der Waals surface area contributed by atoms with Crippen LogP contribution in [0.3, 0.4) is 0 Å². The van der Waals surface area contributed by atoms with E-state index in [-0.39, 0.29) is 11.2 Å². The SMILES string of the molecule is CCc1cc2c(=O)c3ccccc3[nH]c2cc1C(=O)c1ccccc1C. The molecule has 0 aliphatic heterocycles. The number of aromatic amines is 1. The highest BCUT2D eigenvalue weighted by Crippen LogP contribution is 2.23. The number of hydrogen-bond acceptors (Lipinski definition) is 2. The first-order chi connectivity index (χ1) is 12.6. The summed E-state index contributed by atoms with van der Waals surface area (Å²) < 4.78 is 0. The fraction of sp³-hybridized carbons (Fsp3) is 0.130. The molecule has 0 aliphatic rings. The molecule has 0 amide bonds. The third-order valence-electron chi connectivity index (χ3n) is 4.94. The molecule has 1 N–H and O–H groups in total. The zero-order valence-electron chi connectivity index (χ0n) is 14.8. The molecule has 3 nitrogen and oxygen atoms in total. The van der Waals surface area contributed by atoms with Gasteiger partial charge in [0.15, 0.2) is 11.2 Å². The molecule has 4 rings (SSSR count). The second-order valence-electron chi connectivity index (χ2n) is 6.55. The van der Waals surface area contributed by atoms with E-state index in [1.807, 2.05) is 74.5 Å². The van der Waals surface area contributed by atoms with E-state index in [2.05, 4.69) is 4.98 Å². The van der Waals surface area contributed by atoms with E-state index in [0.29, 0.717) is 33.8 Å². The molecule has 0 unspecified atom stereocenters. The standard InChI is InChI=1S/C23H19NO2/c1-3-15-12-19-21(24-20-11-7-6-10-17(20)23(19)26)13-18(15)22(25)16-9-5-4-8-14(16)2/h4-13H,3H2,1-2H3,(H,24,26). The Kier molecular flexibility index (Phi) is 3.92. The van der Waals surface area contributed by atoms with Crippen LogP contribution in [0.1, 0.15) is 34.0 Å². The highest BCUT2D eigenvalue weighted by Gasteiger charge is 2.17. The number of hydrogen-bond donors (Lipinski definition) is 1. The van der Waals surface area contributed by atoms with Crippen LogP contribution in [0, 0.1) is 6.92 Å². The summed E-state index contributed by atoms with van der Waals surface area (Å²) in [5.74, 6) is -0.00384. The molecule has 1 heterocycles. The van der Waals surface area contributed by atoms with E-state index >= 15 is 0 Å². The van der Waals surface area contributed by atoms with Crippen LogP contribution in [0.5, 0.6) is 0 Å². The predicted molar refractivity (Wildman–Crippen MR) is 106 cm³/mol. The van der Waals surface area contributed by atoms with E-state index in [1.165, 1.54) is 0 Å². The first-order valence-electron chi connectivity index (χ1n) is 8.78. The van der Waals surface area contributed by atoms with Crippen molar-refractivity contribution in [1.82, 2.24) is 4.98 Å². The lowest BCUT2D eigenvalue weighted by molar-refractivity contribution is 0.103. The monoisotopic (exact) mass is 341 g/mol. The number of fused-ring (bicyclic) bond motifs is 2. The van der Waals surface area contributed by atoms with Crippen LogP contribution in [0.25, 0.3) is 21.8 Å². The van der Waals surface area contributed by atoms with Gasteiger partial charge in [0.2, 0.25) is 0 Å². The number of carbonyl (C=O) groups excluding carboxylic acids is 1. The molecule has 0 bridgehead atoms. The van der Waals surface area contributed by atoms with Gasteiger partial charge in [-0.3, -0.25) is 9.59 Å². The molecule has 4 aromatic rings. The Morgan fingerprint density at radius 3 is 2.38 bits per heavy atom. The van der Waals surface area contributed by atoms with E-state index in [0.717, 1.165) is 16.6 Å². The number of carbonyl (C=O) groups is 1. The third kappa shape index (κ3) is 2.53. The van der Waals surface area contributed by atoms with Crippen molar-refractivity contribution in [2.75, 3.05) is 0 Å². The minimum absolute atomic E-state index is 0.000981. The number of para-hydroxylation sites is 1. The normalized spacial score (nSPS) is 11.2. The molecule has 3 aromatic carbocycles. The lowest BCUT2D eigenvalue weighted by atomic mass is 9.93. The van der Waals surface area contributed by atoms with Crippen molar-refractivity contribution in [2.24, 2.45) is 0 Å². The number of H-pyrrole nitrogens is 1. The van der Waals surface area contributed by atoms with Crippen LogP contribution in [0.2, 0.25) is 0 Å². The largest absolute Gasteiger partial charge is 0.354 e. The van der Waals surface area contributed by atoms with Gasteiger partial charge in [-0.2, -0.15) is 0 Å². The lowest BCUT2D eigenvalue weighted by Gasteiger charge is -2.12. The molecule has 0 spiro atoms. The van der Waals surface area contributed by atoms with Crippen molar-refractivity contribution in [3.63, 3.8) is 0 Å². The first kappa shape index (κ1) is 16.3. The second-order valence-corrected chi connectivity index (χ2v) is 6.55. The molecule has 0 radical (unpaired) electrons. The summed E-state index contributed by atoms with van der Waals surface area (Å²) in [5, 5.41) is 1.29. The number of pyridine rings is 1. The quantitative estimate of drug-likeness (QED) is 0.430. The summed E-state index contributed by atoms with van der Waals surface area (Å²) in [6.07, 6.45) is 0.690. The molecule has 3 heteroatoms. The molecular formula is C23H19NO2. The van der Waals surface area contributed by atoms with Gasteiger partial charge < -0.3 is 4.98 Å². The summed E-state index contributed by atoms with van der Waals surface area (Å²) in [6, 6.07) is 18.8. The fourth-order valence-electron chi connectivity index (χ4n) is 3.49. The van der Waals surface area contributed by atoms with Gasteiger partial charge in [0, 0.05) is 27.4 Å². The topological polar surface area (TPSA) is 49.9 Å². The maximum absolute atomic E-state index is 13.1. The molecule has 26 heavy (non-hydrogen) atoms. The average molecular weight is 341 g/mol. The van der Waals surface area contributed by atoms with Crippen molar-refractivity contribution in [2.45, 2.75) is 20.3 Å². The molecule has 1 aromatic heterocycles. The van der Waals surface area contributed by atoms with E-state index in [1.54, 1.807) is 0 Å². The van der Waals surface area contributed by atoms with Crippen molar-refractivity contribution in [1.29, 1.82) is 0 Å². The van der Waals surface area contributed by atoms with E-state index in [4.69, 9.17) is 0 Å². The van der Waals surface area contributed by atoms with Crippen molar-refractivity contribution in [3.8, 4) is 0 Å². The summed E-state index contributed by atoms with van der Waals surface area (Å²) in [6.45, 7) is 3.94. The molecule has 0 saturated heterocycles. The van der Waals surface area contributed by atoms with Crippen molar-refractivity contribution in [3.05, 3.63) is 93.1 Å². The molecule has 0 atom stereocenters. The van der Waals surface area contributed by atoms with Crippen LogP contribution < -0.4 is 5.43 Å². The number of benzene rings is 3. The fourth-order valence-corrected chi connectivity index (χ4v) is 3.49. The number of aromatic nitrogens is 1. The highest BCUT2D eigenvalue weighted by atomic mass is 16.1. The van der Waals surface area contributed by atoms with Gasteiger partial charge in [-0.1, -0.05) is 43.3 Å². The molecule has 128 valence electrons. The van der Waals surface area contributed by atoms with Gasteiger partial charge >= 0.3 is 0 Å². The van der Waals surface area contributed by atoms with Gasteiger partial charge in [-0.25, -0.2) is 0 Å². The second kappa shape index (κ2) is 6.26. The number of nitrogens with one attached hydrogen (secondary N) is 1. The zero-order valence-corrected chi connectivity index (χ0v) is 14.8. The Morgan fingerprint density at radius 1 is 0.885 bits per heavy atom. The highest BCUT2D eigenvalue weighted by molar-refractivity contribution is 6.12. The average Bonchev–Trinajstić information content (AvgIpc) is 2.67. The van der Waals surface area contributed by atoms with Crippen LogP contribution >= 0.6 is 0 Å². The molecule has 0 aliphatic carbocycles. The number of ketones is 1. The van der Waals surface area contributed by atoms with Gasteiger partial charge in [0.1, 0.15) is 0 Å². The van der Waals surface area contributed by atoms with E-state index < -0.39 is 0 Å². The predicted octanol–water partition coefficient (Wildman–Crippen LogP) is 4.78. The van der Waals surface area contributed by atoms with Gasteiger partial charge in [-0.05, 0) is 48.7 Å². The van der Waals surface area contributed by atoms with Crippen LogP contribution in [-0.4, -0.2) is 10.8 Å².